The maximum Gasteiger partial charge on any atom is 0.323 e. The van der Waals surface area contributed by atoms with E-state index in [1.807, 2.05) is 17.5 Å². The molecule has 0 radical (unpaired) electrons. The lowest BCUT2D eigenvalue weighted by Gasteiger charge is -2.23. The molecular weight excluding hydrogens is 431 g/mol. The Morgan fingerprint density at radius 3 is 2.84 bits per heavy atom. The lowest BCUT2D eigenvalue weighted by Crippen LogP contribution is -2.35. The summed E-state index contributed by atoms with van der Waals surface area (Å²) < 4.78 is 24.9. The van der Waals surface area contributed by atoms with Crippen molar-refractivity contribution in [1.29, 1.82) is 0 Å². The number of anilines is 3. The molecule has 1 fully saturated rings. The zero-order valence-corrected chi connectivity index (χ0v) is 19.0. The number of nitrogens with one attached hydrogen (secondary N) is 2. The normalized spacial score (nSPS) is 16.2. The highest BCUT2D eigenvalue weighted by atomic mass is 32.1. The number of thiophene rings is 1. The van der Waals surface area contributed by atoms with E-state index in [4.69, 9.17) is 9.47 Å². The molecule has 8 nitrogen and oxygen atoms in total. The fourth-order valence-electron chi connectivity index (χ4n) is 3.71. The quantitative estimate of drug-likeness (QED) is 0.465. The van der Waals surface area contributed by atoms with Gasteiger partial charge in [-0.3, -0.25) is 4.90 Å². The van der Waals surface area contributed by atoms with Crippen molar-refractivity contribution in [2.24, 2.45) is 0 Å². The van der Waals surface area contributed by atoms with Crippen LogP contribution in [0.3, 0.4) is 0 Å². The fourth-order valence-corrected chi connectivity index (χ4v) is 4.33. The molecule has 3 aromatic rings. The van der Waals surface area contributed by atoms with Gasteiger partial charge in [0.05, 0.1) is 7.11 Å². The molecule has 2 N–H and O–H groups in total. The molecule has 4 rings (SSSR count). The van der Waals surface area contributed by atoms with Crippen LogP contribution in [0.15, 0.2) is 35.7 Å². The van der Waals surface area contributed by atoms with Crippen LogP contribution in [-0.4, -0.2) is 52.6 Å². The number of methoxy groups -OCH3 is 1. The minimum absolute atomic E-state index is 0.172. The summed E-state index contributed by atoms with van der Waals surface area (Å²) in [5.74, 6) is 0.387. The van der Waals surface area contributed by atoms with Crippen LogP contribution in [0.5, 0.6) is 11.8 Å². The first kappa shape index (κ1) is 22.2. The molecule has 0 spiro atoms. The zero-order valence-electron chi connectivity index (χ0n) is 18.2. The molecule has 1 aliphatic heterocycles. The number of aromatic nitrogens is 3. The molecule has 32 heavy (non-hydrogen) atoms. The molecule has 3 heterocycles. The van der Waals surface area contributed by atoms with E-state index >= 15 is 0 Å². The standard InChI is InChI=1S/C22H27FN6O2S/c1-3-29-10-4-6-16(29)13-24-20-26-21(25-15-8-9-19(30-2)18(23)12-15)28-22(27-20)31-14-17-7-5-11-32-17/h5,7-9,11-12,16H,3-4,6,10,13-14H2,1-2H3,(H2,24,25,26,27,28). The Hall–Kier alpha value is -2.98. The molecule has 0 bridgehead atoms. The average Bonchev–Trinajstić information content (AvgIpc) is 3.48. The molecular formula is C22H27FN6O2S. The SMILES string of the molecule is CCN1CCCC1CNc1nc(Nc2ccc(OC)c(F)c2)nc(OCc2cccs2)n1. The van der Waals surface area contributed by atoms with Crippen molar-refractivity contribution in [3.8, 4) is 11.8 Å². The maximum absolute atomic E-state index is 14.1. The van der Waals surface area contributed by atoms with Gasteiger partial charge in [-0.15, -0.1) is 11.3 Å². The Kier molecular flexibility index (Phi) is 7.33. The van der Waals surface area contributed by atoms with E-state index < -0.39 is 5.82 Å². The predicted octanol–water partition coefficient (Wildman–Crippen LogP) is 4.30. The van der Waals surface area contributed by atoms with Crippen molar-refractivity contribution < 1.29 is 13.9 Å². The summed E-state index contributed by atoms with van der Waals surface area (Å²) in [7, 11) is 1.43. The van der Waals surface area contributed by atoms with Gasteiger partial charge >= 0.3 is 6.01 Å². The van der Waals surface area contributed by atoms with Gasteiger partial charge in [-0.05, 0) is 49.5 Å². The third-order valence-electron chi connectivity index (χ3n) is 5.35. The van der Waals surface area contributed by atoms with E-state index in [9.17, 15) is 4.39 Å². The molecule has 1 saturated heterocycles. The van der Waals surface area contributed by atoms with Gasteiger partial charge in [0.15, 0.2) is 11.6 Å². The van der Waals surface area contributed by atoms with E-state index in [0.29, 0.717) is 24.3 Å². The number of likely N-dealkylation sites (N-methyl/N-ethyl adjacent to an activating group) is 1. The highest BCUT2D eigenvalue weighted by Crippen LogP contribution is 2.24. The Balaban J connectivity index is 1.51. The van der Waals surface area contributed by atoms with E-state index in [1.54, 1.807) is 23.5 Å². The molecule has 0 amide bonds. The zero-order chi connectivity index (χ0) is 22.3. The topological polar surface area (TPSA) is 84.4 Å². The Labute approximate surface area is 190 Å². The summed E-state index contributed by atoms with van der Waals surface area (Å²) >= 11 is 1.60. The van der Waals surface area contributed by atoms with Gasteiger partial charge < -0.3 is 20.1 Å². The van der Waals surface area contributed by atoms with Gasteiger partial charge in [0.1, 0.15) is 6.61 Å². The minimum atomic E-state index is -0.472. The average molecular weight is 459 g/mol. The first-order chi connectivity index (χ1) is 15.6. The number of likely N-dealkylation sites (tertiary alicyclic amines) is 1. The highest BCUT2D eigenvalue weighted by molar-refractivity contribution is 7.09. The van der Waals surface area contributed by atoms with Crippen LogP contribution in [0, 0.1) is 5.82 Å². The lowest BCUT2D eigenvalue weighted by molar-refractivity contribution is 0.275. The maximum atomic E-state index is 14.1. The number of benzene rings is 1. The van der Waals surface area contributed by atoms with Gasteiger partial charge in [-0.1, -0.05) is 13.0 Å². The van der Waals surface area contributed by atoms with E-state index in [2.05, 4.69) is 37.4 Å². The number of halogens is 1. The first-order valence-electron chi connectivity index (χ1n) is 10.6. The number of rotatable bonds is 10. The first-order valence-corrected chi connectivity index (χ1v) is 11.5. The second kappa shape index (κ2) is 10.6. The Morgan fingerprint density at radius 2 is 2.09 bits per heavy atom. The van der Waals surface area contributed by atoms with Crippen LogP contribution in [0.1, 0.15) is 24.6 Å². The number of ether oxygens (including phenoxy) is 2. The third kappa shape index (κ3) is 5.63. The van der Waals surface area contributed by atoms with Crippen LogP contribution >= 0.6 is 11.3 Å². The summed E-state index contributed by atoms with van der Waals surface area (Å²) in [5, 5.41) is 8.35. The molecule has 1 atom stereocenters. The summed E-state index contributed by atoms with van der Waals surface area (Å²) in [4.78, 5) is 16.8. The van der Waals surface area contributed by atoms with E-state index in [0.717, 1.165) is 30.9 Å². The molecule has 1 aromatic carbocycles. The second-order valence-corrected chi connectivity index (χ2v) is 8.45. The van der Waals surface area contributed by atoms with Crippen LogP contribution < -0.4 is 20.1 Å². The van der Waals surface area contributed by atoms with Gasteiger partial charge in [0, 0.05) is 29.2 Å². The summed E-state index contributed by atoms with van der Waals surface area (Å²) in [6, 6.07) is 9.18. The molecule has 1 unspecified atom stereocenters. The third-order valence-corrected chi connectivity index (χ3v) is 6.20. The van der Waals surface area contributed by atoms with Crippen molar-refractivity contribution >= 4 is 28.9 Å². The van der Waals surface area contributed by atoms with Crippen molar-refractivity contribution in [2.75, 3.05) is 37.4 Å². The van der Waals surface area contributed by atoms with Gasteiger partial charge in [-0.2, -0.15) is 15.0 Å². The molecule has 0 aliphatic carbocycles. The van der Waals surface area contributed by atoms with Crippen molar-refractivity contribution in [1.82, 2.24) is 19.9 Å². The van der Waals surface area contributed by atoms with Gasteiger partial charge in [-0.25, -0.2) is 4.39 Å². The summed E-state index contributed by atoms with van der Waals surface area (Å²) in [6.07, 6.45) is 2.34. The van der Waals surface area contributed by atoms with E-state index in [-0.39, 0.29) is 17.7 Å². The Morgan fingerprint density at radius 1 is 1.22 bits per heavy atom. The predicted molar refractivity (Wildman–Crippen MR) is 123 cm³/mol. The van der Waals surface area contributed by atoms with E-state index in [1.165, 1.54) is 19.6 Å². The lowest BCUT2D eigenvalue weighted by atomic mass is 10.2. The summed E-state index contributed by atoms with van der Waals surface area (Å²) in [5.41, 5.74) is 0.498. The Bertz CT molecular complexity index is 1020. The number of hydrogen-bond acceptors (Lipinski definition) is 9. The minimum Gasteiger partial charge on any atom is -0.494 e. The largest absolute Gasteiger partial charge is 0.494 e. The smallest absolute Gasteiger partial charge is 0.323 e. The fraction of sp³-hybridized carbons (Fsp3) is 0.409. The molecule has 1 aliphatic rings. The van der Waals surface area contributed by atoms with Gasteiger partial charge in [0.2, 0.25) is 11.9 Å². The van der Waals surface area contributed by atoms with Crippen LogP contribution in [0.25, 0.3) is 0 Å². The highest BCUT2D eigenvalue weighted by Gasteiger charge is 2.23. The second-order valence-electron chi connectivity index (χ2n) is 7.41. The van der Waals surface area contributed by atoms with Gasteiger partial charge in [0.25, 0.3) is 0 Å². The van der Waals surface area contributed by atoms with Crippen LogP contribution in [0.4, 0.5) is 22.0 Å². The van der Waals surface area contributed by atoms with Crippen molar-refractivity contribution in [3.63, 3.8) is 0 Å². The monoisotopic (exact) mass is 458 g/mol. The van der Waals surface area contributed by atoms with Crippen LogP contribution in [0.2, 0.25) is 0 Å². The molecule has 10 heteroatoms. The molecule has 170 valence electrons. The van der Waals surface area contributed by atoms with Crippen molar-refractivity contribution in [2.45, 2.75) is 32.4 Å². The summed E-state index contributed by atoms with van der Waals surface area (Å²) in [6.45, 7) is 5.41. The molecule has 2 aromatic heterocycles. The number of hydrogen-bond donors (Lipinski definition) is 2. The van der Waals surface area contributed by atoms with Crippen molar-refractivity contribution in [3.05, 3.63) is 46.4 Å². The van der Waals surface area contributed by atoms with Crippen LogP contribution in [-0.2, 0) is 6.61 Å². The molecule has 0 saturated carbocycles. The number of nitrogens with zero attached hydrogens (tertiary/aromatic N) is 4.